The number of sulfonamides is 1. The lowest BCUT2D eigenvalue weighted by Gasteiger charge is -2.14. The Balaban J connectivity index is 1.63. The summed E-state index contributed by atoms with van der Waals surface area (Å²) < 4.78 is 107. The van der Waals surface area contributed by atoms with Crippen LogP contribution in [0.2, 0.25) is 5.02 Å². The van der Waals surface area contributed by atoms with Gasteiger partial charge >= 0.3 is 12.4 Å². The van der Waals surface area contributed by atoms with Gasteiger partial charge in [0.05, 0.1) is 21.8 Å². The number of hydrogen-bond acceptors (Lipinski definition) is 4. The maximum atomic E-state index is 13.1. The van der Waals surface area contributed by atoms with E-state index < -0.39 is 38.5 Å². The maximum absolute atomic E-state index is 13.1. The monoisotopic (exact) mass is 546 g/mol. The first kappa shape index (κ1) is 25.5. The Morgan fingerprint density at radius 3 is 2.14 bits per heavy atom. The van der Waals surface area contributed by atoms with Crippen LogP contribution in [-0.4, -0.2) is 23.0 Å². The van der Waals surface area contributed by atoms with E-state index in [0.29, 0.717) is 24.0 Å². The summed E-state index contributed by atoms with van der Waals surface area (Å²) in [4.78, 5) is 7.46. The zero-order valence-electron chi connectivity index (χ0n) is 17.6. The fraction of sp³-hybridized carbons (Fsp3) is 0.0909. The number of hydrogen-bond donors (Lipinski definition) is 1. The minimum atomic E-state index is -4.69. The van der Waals surface area contributed by atoms with Gasteiger partial charge in [-0.3, -0.25) is 14.3 Å². The highest BCUT2D eigenvalue weighted by Crippen LogP contribution is 2.33. The highest BCUT2D eigenvalue weighted by molar-refractivity contribution is 7.92. The first-order valence-corrected chi connectivity index (χ1v) is 11.7. The molecule has 188 valence electrons. The van der Waals surface area contributed by atoms with Crippen LogP contribution < -0.4 is 4.72 Å². The van der Waals surface area contributed by atoms with Crippen molar-refractivity contribution in [1.82, 2.24) is 14.5 Å². The Bertz CT molecular complexity index is 1520. The molecule has 0 aliphatic rings. The van der Waals surface area contributed by atoms with E-state index in [2.05, 4.69) is 14.7 Å². The van der Waals surface area contributed by atoms with E-state index in [-0.39, 0.29) is 22.2 Å². The second-order valence-electron chi connectivity index (χ2n) is 7.36. The van der Waals surface area contributed by atoms with E-state index in [1.165, 1.54) is 42.6 Å². The molecule has 0 atom stereocenters. The molecule has 0 amide bonds. The lowest BCUT2D eigenvalue weighted by Crippen LogP contribution is -2.17. The standard InChI is InChI=1S/C22H13ClF6N4O2S/c23-17-10-15(22(27,28)29)12-31-20(17)33-8-2-5-19(33)36(34,35)32-16-4-1-3-13(9-16)18-7-6-14(11-30-18)21(24,25)26/h1-12,32H. The van der Waals surface area contributed by atoms with Crippen molar-refractivity contribution in [3.05, 3.63) is 89.3 Å². The predicted octanol–water partition coefficient (Wildman–Crippen LogP) is 6.43. The first-order chi connectivity index (χ1) is 16.8. The Kier molecular flexibility index (Phi) is 6.47. The van der Waals surface area contributed by atoms with Crippen LogP contribution in [0.3, 0.4) is 0 Å². The lowest BCUT2D eigenvalue weighted by molar-refractivity contribution is -0.138. The fourth-order valence-corrected chi connectivity index (χ4v) is 4.67. The molecule has 3 heterocycles. The van der Waals surface area contributed by atoms with Crippen LogP contribution in [0.5, 0.6) is 0 Å². The Labute approximate surface area is 205 Å². The van der Waals surface area contributed by atoms with Gasteiger partial charge in [0.25, 0.3) is 10.0 Å². The van der Waals surface area contributed by atoms with E-state index in [1.54, 1.807) is 0 Å². The van der Waals surface area contributed by atoms with E-state index in [9.17, 15) is 34.8 Å². The number of nitrogens with one attached hydrogen (secondary N) is 1. The summed E-state index contributed by atoms with van der Waals surface area (Å²) in [6, 6.07) is 10.9. The van der Waals surface area contributed by atoms with Gasteiger partial charge in [-0.05, 0) is 42.5 Å². The Morgan fingerprint density at radius 2 is 1.53 bits per heavy atom. The van der Waals surface area contributed by atoms with Gasteiger partial charge in [-0.25, -0.2) is 4.98 Å². The number of alkyl halides is 6. The Morgan fingerprint density at radius 1 is 0.833 bits per heavy atom. The van der Waals surface area contributed by atoms with Crippen LogP contribution in [0, 0.1) is 0 Å². The number of benzene rings is 1. The molecule has 0 saturated carbocycles. The van der Waals surface area contributed by atoms with Gasteiger partial charge in [0.2, 0.25) is 0 Å². The number of pyridine rings is 2. The van der Waals surface area contributed by atoms with Crippen LogP contribution in [0.25, 0.3) is 17.1 Å². The number of halogens is 7. The molecule has 0 radical (unpaired) electrons. The average Bonchev–Trinajstić information content (AvgIpc) is 3.29. The van der Waals surface area contributed by atoms with Crippen molar-refractivity contribution >= 4 is 27.3 Å². The summed E-state index contributed by atoms with van der Waals surface area (Å²) in [5.74, 6) is -0.238. The van der Waals surface area contributed by atoms with Crippen molar-refractivity contribution in [3.63, 3.8) is 0 Å². The average molecular weight is 547 g/mol. The number of rotatable bonds is 5. The molecule has 0 spiro atoms. The summed E-state index contributed by atoms with van der Waals surface area (Å²) in [5, 5.41) is -0.789. The Hall–Kier alpha value is -3.58. The van der Waals surface area contributed by atoms with Crippen LogP contribution in [0.4, 0.5) is 32.0 Å². The van der Waals surface area contributed by atoms with Crippen LogP contribution in [0.15, 0.2) is 78.2 Å². The summed E-state index contributed by atoms with van der Waals surface area (Å²) >= 11 is 5.96. The summed E-state index contributed by atoms with van der Waals surface area (Å²) in [6.07, 6.45) is -6.78. The quantitative estimate of drug-likeness (QED) is 0.293. The molecule has 3 aromatic heterocycles. The molecule has 14 heteroatoms. The van der Waals surface area contributed by atoms with Crippen LogP contribution >= 0.6 is 11.6 Å². The van der Waals surface area contributed by atoms with Gasteiger partial charge in [-0.15, -0.1) is 0 Å². The van der Waals surface area contributed by atoms with E-state index in [4.69, 9.17) is 11.6 Å². The maximum Gasteiger partial charge on any atom is 0.417 e. The van der Waals surface area contributed by atoms with Gasteiger partial charge in [-0.1, -0.05) is 23.7 Å². The van der Waals surface area contributed by atoms with Crippen molar-refractivity contribution < 1.29 is 34.8 Å². The van der Waals surface area contributed by atoms with Crippen molar-refractivity contribution in [2.75, 3.05) is 4.72 Å². The fourth-order valence-electron chi connectivity index (χ4n) is 3.20. The van der Waals surface area contributed by atoms with E-state index >= 15 is 0 Å². The molecule has 36 heavy (non-hydrogen) atoms. The topological polar surface area (TPSA) is 76.9 Å². The molecule has 0 aliphatic heterocycles. The normalized spacial score (nSPS) is 12.5. The van der Waals surface area contributed by atoms with Crippen molar-refractivity contribution in [2.45, 2.75) is 17.4 Å². The molecule has 4 rings (SSSR count). The minimum Gasteiger partial charge on any atom is -0.289 e. The number of nitrogens with zero attached hydrogens (tertiary/aromatic N) is 3. The largest absolute Gasteiger partial charge is 0.417 e. The van der Waals surface area contributed by atoms with Gasteiger partial charge in [0.15, 0.2) is 10.8 Å². The third-order valence-electron chi connectivity index (χ3n) is 4.87. The van der Waals surface area contributed by atoms with Gasteiger partial charge in [0.1, 0.15) is 0 Å². The molecule has 0 unspecified atom stereocenters. The van der Waals surface area contributed by atoms with Crippen molar-refractivity contribution in [2.24, 2.45) is 0 Å². The van der Waals surface area contributed by atoms with Crippen LogP contribution in [0.1, 0.15) is 11.1 Å². The third kappa shape index (κ3) is 5.31. The zero-order chi connectivity index (χ0) is 26.3. The molecule has 6 nitrogen and oxygen atoms in total. The SMILES string of the molecule is O=S(=O)(Nc1cccc(-c2ccc(C(F)(F)F)cn2)c1)c1cccn1-c1ncc(C(F)(F)F)cc1Cl. The van der Waals surface area contributed by atoms with Gasteiger partial charge in [0, 0.05) is 29.8 Å². The van der Waals surface area contributed by atoms with E-state index in [0.717, 1.165) is 16.7 Å². The molecular formula is C22H13ClF6N4O2S. The molecule has 0 fully saturated rings. The molecule has 1 N–H and O–H groups in total. The third-order valence-corrected chi connectivity index (χ3v) is 6.53. The van der Waals surface area contributed by atoms with Crippen LogP contribution in [-0.2, 0) is 22.4 Å². The summed E-state index contributed by atoms with van der Waals surface area (Å²) in [6.45, 7) is 0. The highest BCUT2D eigenvalue weighted by atomic mass is 35.5. The first-order valence-electron chi connectivity index (χ1n) is 9.83. The lowest BCUT2D eigenvalue weighted by atomic mass is 10.1. The van der Waals surface area contributed by atoms with E-state index in [1.807, 2.05) is 0 Å². The molecule has 4 aromatic rings. The van der Waals surface area contributed by atoms with Gasteiger partial charge in [-0.2, -0.15) is 34.8 Å². The number of aromatic nitrogens is 3. The smallest absolute Gasteiger partial charge is 0.289 e. The summed E-state index contributed by atoms with van der Waals surface area (Å²) in [5.41, 5.74) is -1.45. The van der Waals surface area contributed by atoms with Gasteiger partial charge < -0.3 is 0 Å². The molecular weight excluding hydrogens is 534 g/mol. The molecule has 1 aromatic carbocycles. The molecule has 0 saturated heterocycles. The zero-order valence-corrected chi connectivity index (χ0v) is 19.2. The molecule has 0 aliphatic carbocycles. The van der Waals surface area contributed by atoms with Crippen molar-refractivity contribution in [3.8, 4) is 17.1 Å². The predicted molar refractivity (Wildman–Crippen MR) is 119 cm³/mol. The number of anilines is 1. The van der Waals surface area contributed by atoms with Crippen molar-refractivity contribution in [1.29, 1.82) is 0 Å². The molecule has 0 bridgehead atoms. The second kappa shape index (κ2) is 9.13. The highest BCUT2D eigenvalue weighted by Gasteiger charge is 2.32. The minimum absolute atomic E-state index is 0.0634. The second-order valence-corrected chi connectivity index (χ2v) is 9.40. The summed E-state index contributed by atoms with van der Waals surface area (Å²) in [7, 11) is -4.31.